The number of hydrogen-bond donors (Lipinski definition) is 1. The number of rotatable bonds is 3. The van der Waals surface area contributed by atoms with Crippen molar-refractivity contribution in [3.05, 3.63) is 58.5 Å². The molecular formula is C11H8N2O5. The zero-order chi connectivity index (χ0) is 13.0. The van der Waals surface area contributed by atoms with Crippen molar-refractivity contribution in [1.29, 1.82) is 0 Å². The number of hydroxylamine groups is 1. The molecule has 0 unspecified atom stereocenters. The van der Waals surface area contributed by atoms with E-state index in [1.54, 1.807) is 6.08 Å². The number of ether oxygens (including phenoxy) is 1. The van der Waals surface area contributed by atoms with Crippen LogP contribution >= 0.6 is 0 Å². The van der Waals surface area contributed by atoms with E-state index in [0.717, 1.165) is 0 Å². The minimum atomic E-state index is -0.694. The Hall–Kier alpha value is -2.83. The van der Waals surface area contributed by atoms with Crippen LogP contribution in [-0.2, 0) is 9.63 Å². The van der Waals surface area contributed by atoms with Crippen molar-refractivity contribution >= 4 is 11.7 Å². The molecule has 1 aliphatic heterocycles. The summed E-state index contributed by atoms with van der Waals surface area (Å²) in [6.45, 7) is 0. The molecule has 18 heavy (non-hydrogen) atoms. The van der Waals surface area contributed by atoms with Gasteiger partial charge in [0.25, 0.3) is 5.69 Å². The Morgan fingerprint density at radius 1 is 1.33 bits per heavy atom. The monoisotopic (exact) mass is 248 g/mol. The molecule has 1 aliphatic rings. The van der Waals surface area contributed by atoms with Crippen molar-refractivity contribution < 1.29 is 19.3 Å². The van der Waals surface area contributed by atoms with Crippen LogP contribution in [0.3, 0.4) is 0 Å². The fourth-order valence-corrected chi connectivity index (χ4v) is 1.21. The standard InChI is InChI=1S/C11H8N2O5/c14-11(10-2-1-7-12-18-10)17-9-5-3-8(4-6-9)13(15)16/h1-7,12H. The number of benzene rings is 1. The Morgan fingerprint density at radius 3 is 2.61 bits per heavy atom. The third-order valence-corrected chi connectivity index (χ3v) is 2.04. The number of hydrogen-bond acceptors (Lipinski definition) is 6. The van der Waals surface area contributed by atoms with E-state index in [1.165, 1.54) is 36.5 Å². The molecule has 7 nitrogen and oxygen atoms in total. The molecular weight excluding hydrogens is 240 g/mol. The van der Waals surface area contributed by atoms with Crippen LogP contribution in [0.15, 0.2) is 48.4 Å². The van der Waals surface area contributed by atoms with Crippen LogP contribution in [0.5, 0.6) is 5.75 Å². The first-order chi connectivity index (χ1) is 8.66. The van der Waals surface area contributed by atoms with Crippen LogP contribution in [-0.4, -0.2) is 10.9 Å². The van der Waals surface area contributed by atoms with Crippen LogP contribution in [0.1, 0.15) is 0 Å². The second-order valence-corrected chi connectivity index (χ2v) is 3.25. The lowest BCUT2D eigenvalue weighted by atomic mass is 10.3. The number of carbonyl (C=O) groups excluding carboxylic acids is 1. The van der Waals surface area contributed by atoms with Crippen molar-refractivity contribution in [3.8, 4) is 5.75 Å². The van der Waals surface area contributed by atoms with Crippen molar-refractivity contribution in [3.63, 3.8) is 0 Å². The topological polar surface area (TPSA) is 90.7 Å². The van der Waals surface area contributed by atoms with Gasteiger partial charge in [-0.15, -0.1) is 0 Å². The molecule has 1 aromatic rings. The second-order valence-electron chi connectivity index (χ2n) is 3.25. The van der Waals surface area contributed by atoms with Crippen LogP contribution in [0.4, 0.5) is 5.69 Å². The van der Waals surface area contributed by atoms with E-state index in [0.29, 0.717) is 0 Å². The molecule has 1 N–H and O–H groups in total. The molecule has 0 saturated heterocycles. The van der Waals surface area contributed by atoms with Gasteiger partial charge in [0.15, 0.2) is 0 Å². The van der Waals surface area contributed by atoms with Gasteiger partial charge in [-0.05, 0) is 24.3 Å². The zero-order valence-corrected chi connectivity index (χ0v) is 9.03. The molecule has 0 bridgehead atoms. The van der Waals surface area contributed by atoms with Gasteiger partial charge in [-0.1, -0.05) is 0 Å². The third-order valence-electron chi connectivity index (χ3n) is 2.04. The molecule has 0 aliphatic carbocycles. The van der Waals surface area contributed by atoms with E-state index >= 15 is 0 Å². The van der Waals surface area contributed by atoms with Crippen molar-refractivity contribution in [2.75, 3.05) is 0 Å². The fourth-order valence-electron chi connectivity index (χ4n) is 1.21. The summed E-state index contributed by atoms with van der Waals surface area (Å²) in [5.74, 6) is -0.499. The number of carbonyl (C=O) groups is 1. The summed E-state index contributed by atoms with van der Waals surface area (Å²) in [5.41, 5.74) is 2.31. The molecule has 0 radical (unpaired) electrons. The van der Waals surface area contributed by atoms with E-state index in [-0.39, 0.29) is 17.2 Å². The van der Waals surface area contributed by atoms with Gasteiger partial charge in [0.1, 0.15) is 5.75 Å². The Balaban J connectivity index is 2.05. The van der Waals surface area contributed by atoms with Crippen LogP contribution < -0.4 is 10.2 Å². The highest BCUT2D eigenvalue weighted by Crippen LogP contribution is 2.18. The first-order valence-corrected chi connectivity index (χ1v) is 4.92. The minimum Gasteiger partial charge on any atom is -0.421 e. The first-order valence-electron chi connectivity index (χ1n) is 4.92. The third kappa shape index (κ3) is 2.64. The van der Waals surface area contributed by atoms with E-state index in [1.807, 2.05) is 0 Å². The van der Waals surface area contributed by atoms with Gasteiger partial charge in [0.2, 0.25) is 5.76 Å². The van der Waals surface area contributed by atoms with Gasteiger partial charge in [0, 0.05) is 18.3 Å². The summed E-state index contributed by atoms with van der Waals surface area (Å²) >= 11 is 0. The quantitative estimate of drug-likeness (QED) is 0.376. The van der Waals surface area contributed by atoms with E-state index in [4.69, 9.17) is 9.57 Å². The predicted octanol–water partition coefficient (Wildman–Crippen LogP) is 1.43. The highest BCUT2D eigenvalue weighted by Gasteiger charge is 2.15. The van der Waals surface area contributed by atoms with E-state index in [9.17, 15) is 14.9 Å². The van der Waals surface area contributed by atoms with Crippen LogP contribution in [0.2, 0.25) is 0 Å². The van der Waals surface area contributed by atoms with Crippen molar-refractivity contribution in [2.45, 2.75) is 0 Å². The van der Waals surface area contributed by atoms with Gasteiger partial charge >= 0.3 is 5.97 Å². The molecule has 0 saturated carbocycles. The molecule has 0 aromatic heterocycles. The highest BCUT2D eigenvalue weighted by atomic mass is 16.7. The first kappa shape index (κ1) is 11.6. The Kier molecular flexibility index (Phi) is 3.24. The lowest BCUT2D eigenvalue weighted by Gasteiger charge is -2.10. The molecule has 2 rings (SSSR count). The summed E-state index contributed by atoms with van der Waals surface area (Å²) in [7, 11) is 0. The molecule has 1 heterocycles. The molecule has 1 aromatic carbocycles. The fraction of sp³-hybridized carbons (Fsp3) is 0. The normalized spacial score (nSPS) is 13.0. The van der Waals surface area contributed by atoms with E-state index in [2.05, 4.69) is 5.48 Å². The largest absolute Gasteiger partial charge is 0.421 e. The second kappa shape index (κ2) is 5.00. The summed E-state index contributed by atoms with van der Waals surface area (Å²) in [6, 6.07) is 5.17. The summed E-state index contributed by atoms with van der Waals surface area (Å²) < 4.78 is 4.96. The summed E-state index contributed by atoms with van der Waals surface area (Å²) in [4.78, 5) is 26.3. The molecule has 0 spiro atoms. The summed E-state index contributed by atoms with van der Waals surface area (Å²) in [5, 5.41) is 10.4. The lowest BCUT2D eigenvalue weighted by molar-refractivity contribution is -0.384. The van der Waals surface area contributed by atoms with Crippen molar-refractivity contribution in [2.24, 2.45) is 0 Å². The molecule has 0 amide bonds. The number of nitro groups is 1. The van der Waals surface area contributed by atoms with Gasteiger partial charge in [-0.3, -0.25) is 10.1 Å². The Labute approximate surface area is 101 Å². The number of nitrogens with one attached hydrogen (secondary N) is 1. The van der Waals surface area contributed by atoms with Gasteiger partial charge in [0.05, 0.1) is 4.92 Å². The van der Waals surface area contributed by atoms with Gasteiger partial charge < -0.3 is 9.57 Å². The van der Waals surface area contributed by atoms with Crippen LogP contribution in [0.25, 0.3) is 0 Å². The zero-order valence-electron chi connectivity index (χ0n) is 9.03. The van der Waals surface area contributed by atoms with Crippen LogP contribution in [0, 0.1) is 10.1 Å². The maximum atomic E-state index is 11.6. The molecule has 0 fully saturated rings. The number of non-ortho nitro benzene ring substituents is 1. The van der Waals surface area contributed by atoms with Gasteiger partial charge in [-0.25, -0.2) is 10.3 Å². The van der Waals surface area contributed by atoms with E-state index < -0.39 is 10.9 Å². The average molecular weight is 248 g/mol. The molecule has 92 valence electrons. The Bertz CT molecular complexity index is 533. The lowest BCUT2D eigenvalue weighted by Crippen LogP contribution is -2.20. The molecule has 0 atom stereocenters. The van der Waals surface area contributed by atoms with Crippen molar-refractivity contribution in [1.82, 2.24) is 5.48 Å². The maximum absolute atomic E-state index is 11.6. The number of nitro benzene ring substituents is 1. The van der Waals surface area contributed by atoms with Gasteiger partial charge in [-0.2, -0.15) is 0 Å². The maximum Gasteiger partial charge on any atom is 0.382 e. The smallest absolute Gasteiger partial charge is 0.382 e. The highest BCUT2D eigenvalue weighted by molar-refractivity contribution is 5.88. The minimum absolute atomic E-state index is 0.00384. The Morgan fingerprint density at radius 2 is 2.06 bits per heavy atom. The predicted molar refractivity (Wildman–Crippen MR) is 60.2 cm³/mol. The molecule has 7 heteroatoms. The SMILES string of the molecule is O=C(Oc1ccc([N+](=O)[O-])cc1)C1=CC=CNO1. The average Bonchev–Trinajstić information content (AvgIpc) is 2.40. The number of allylic oxidation sites excluding steroid dienone is 2. The number of nitrogens with zero attached hydrogens (tertiary/aromatic N) is 1. The summed E-state index contributed by atoms with van der Waals surface area (Å²) in [6.07, 6.45) is 4.52. The number of esters is 1.